The Morgan fingerprint density at radius 1 is 1.37 bits per heavy atom. The van der Waals surface area contributed by atoms with Crippen molar-refractivity contribution in [1.82, 2.24) is 14.9 Å². The van der Waals surface area contributed by atoms with Crippen molar-refractivity contribution in [3.8, 4) is 0 Å². The van der Waals surface area contributed by atoms with Crippen LogP contribution in [0.2, 0.25) is 0 Å². The van der Waals surface area contributed by atoms with E-state index in [0.717, 1.165) is 36.2 Å². The maximum absolute atomic E-state index is 5.95. The van der Waals surface area contributed by atoms with Gasteiger partial charge in [-0.2, -0.15) is 0 Å². The van der Waals surface area contributed by atoms with Crippen molar-refractivity contribution >= 4 is 22.4 Å². The van der Waals surface area contributed by atoms with Crippen LogP contribution in [0, 0.1) is 0 Å². The number of likely N-dealkylation sites (tertiary alicyclic amines) is 1. The van der Waals surface area contributed by atoms with Gasteiger partial charge in [-0.05, 0) is 31.0 Å². The second-order valence-electron chi connectivity index (χ2n) is 5.77. The van der Waals surface area contributed by atoms with Gasteiger partial charge in [0.2, 0.25) is 0 Å². The number of likely N-dealkylation sites (N-methyl/N-ethyl adjacent to an activating group) is 1. The van der Waals surface area contributed by atoms with Crippen molar-refractivity contribution in [2.45, 2.75) is 12.0 Å². The lowest BCUT2D eigenvalue weighted by Crippen LogP contribution is -2.76. The highest BCUT2D eigenvalue weighted by Crippen LogP contribution is 2.43. The molecule has 98 valence electrons. The molecule has 0 unspecified atom stereocenters. The minimum atomic E-state index is 0.290. The highest BCUT2D eigenvalue weighted by atomic mass is 15.4. The van der Waals surface area contributed by atoms with E-state index < -0.39 is 0 Å². The number of aromatic nitrogens is 2. The molecule has 0 radical (unpaired) electrons. The van der Waals surface area contributed by atoms with Gasteiger partial charge in [-0.15, -0.1) is 0 Å². The van der Waals surface area contributed by atoms with Crippen molar-refractivity contribution in [1.29, 1.82) is 0 Å². The van der Waals surface area contributed by atoms with Gasteiger partial charge >= 0.3 is 0 Å². The fourth-order valence-electron chi connectivity index (χ4n) is 3.46. The molecule has 0 aliphatic carbocycles. The molecule has 2 aromatic rings. The van der Waals surface area contributed by atoms with Crippen LogP contribution < -0.4 is 10.6 Å². The molecule has 2 fully saturated rings. The number of nitrogens with two attached hydrogens (primary N) is 1. The van der Waals surface area contributed by atoms with Crippen molar-refractivity contribution in [2.24, 2.45) is 0 Å². The van der Waals surface area contributed by atoms with Gasteiger partial charge in [-0.3, -0.25) is 4.98 Å². The summed E-state index contributed by atoms with van der Waals surface area (Å²) in [7, 11) is 2.16. The highest BCUT2D eigenvalue weighted by Gasteiger charge is 2.52. The predicted molar refractivity (Wildman–Crippen MR) is 76.1 cm³/mol. The molecule has 0 bridgehead atoms. The molecule has 0 saturated carbocycles. The fourth-order valence-corrected chi connectivity index (χ4v) is 3.46. The maximum atomic E-state index is 5.95. The summed E-state index contributed by atoms with van der Waals surface area (Å²) in [6, 6.07) is 3.91. The van der Waals surface area contributed by atoms with Gasteiger partial charge in [0.1, 0.15) is 11.6 Å². The third kappa shape index (κ3) is 1.45. The molecule has 2 aliphatic heterocycles. The second kappa shape index (κ2) is 3.57. The Hall–Kier alpha value is -1.88. The zero-order valence-corrected chi connectivity index (χ0v) is 11.0. The van der Waals surface area contributed by atoms with Crippen LogP contribution >= 0.6 is 0 Å². The number of rotatable bonds is 1. The molecule has 4 rings (SSSR count). The number of nitrogens with zero attached hydrogens (tertiary/aromatic N) is 4. The molecule has 4 heterocycles. The summed E-state index contributed by atoms with van der Waals surface area (Å²) >= 11 is 0. The van der Waals surface area contributed by atoms with Gasteiger partial charge < -0.3 is 15.5 Å². The zero-order chi connectivity index (χ0) is 13.0. The van der Waals surface area contributed by atoms with E-state index in [1.54, 1.807) is 6.20 Å². The largest absolute Gasteiger partial charge is 0.384 e. The summed E-state index contributed by atoms with van der Waals surface area (Å²) in [4.78, 5) is 13.6. The first kappa shape index (κ1) is 11.0. The molecule has 2 saturated heterocycles. The van der Waals surface area contributed by atoms with Gasteiger partial charge in [-0.25, -0.2) is 4.98 Å². The Balaban J connectivity index is 1.83. The monoisotopic (exact) mass is 255 g/mol. The normalized spacial score (nSPS) is 21.4. The average Bonchev–Trinajstić information content (AvgIpc) is 2.33. The summed E-state index contributed by atoms with van der Waals surface area (Å²) in [6.45, 7) is 3.30. The van der Waals surface area contributed by atoms with Crippen molar-refractivity contribution < 1.29 is 0 Å². The van der Waals surface area contributed by atoms with Crippen LogP contribution in [0.25, 0.3) is 10.8 Å². The van der Waals surface area contributed by atoms with E-state index >= 15 is 0 Å². The smallest absolute Gasteiger partial charge is 0.141 e. The SMILES string of the molecule is CN1CC2(CCN2c2nc(N)cc3ccncc23)C1. The molecular weight excluding hydrogens is 238 g/mol. The molecule has 2 aromatic heterocycles. The molecule has 1 spiro atoms. The summed E-state index contributed by atoms with van der Waals surface area (Å²) in [5.41, 5.74) is 6.24. The molecule has 2 N–H and O–H groups in total. The van der Waals surface area contributed by atoms with Crippen LogP contribution in [0.4, 0.5) is 11.6 Å². The molecular formula is C14H17N5. The fraction of sp³-hybridized carbons (Fsp3) is 0.429. The van der Waals surface area contributed by atoms with Gasteiger partial charge in [0.25, 0.3) is 0 Å². The predicted octanol–water partition coefficient (Wildman–Crippen LogP) is 1.11. The molecule has 0 aromatic carbocycles. The molecule has 5 heteroatoms. The third-order valence-electron chi connectivity index (χ3n) is 4.39. The Kier molecular flexibility index (Phi) is 2.07. The summed E-state index contributed by atoms with van der Waals surface area (Å²) in [6.07, 6.45) is 4.94. The van der Waals surface area contributed by atoms with Crippen LogP contribution in [0.15, 0.2) is 24.5 Å². The first-order valence-corrected chi connectivity index (χ1v) is 6.64. The molecule has 19 heavy (non-hydrogen) atoms. The lowest BCUT2D eigenvalue weighted by atomic mass is 9.77. The van der Waals surface area contributed by atoms with Gasteiger partial charge in [-0.1, -0.05) is 0 Å². The standard InChI is InChI=1S/C14H17N5/c1-18-8-14(9-18)3-5-19(14)13-11-7-16-4-2-10(11)6-12(15)17-13/h2,4,6-7H,3,5,8-9H2,1H3,(H2,15,17). The number of pyridine rings is 2. The van der Waals surface area contributed by atoms with E-state index in [1.165, 1.54) is 6.42 Å². The number of fused-ring (bicyclic) bond motifs is 1. The summed E-state index contributed by atoms with van der Waals surface area (Å²) in [5.74, 6) is 1.59. The Labute approximate surface area is 112 Å². The van der Waals surface area contributed by atoms with Crippen molar-refractivity contribution in [2.75, 3.05) is 37.3 Å². The Bertz CT molecular complexity index is 647. The lowest BCUT2D eigenvalue weighted by Gasteiger charge is -2.62. The molecule has 0 atom stereocenters. The molecule has 5 nitrogen and oxygen atoms in total. The maximum Gasteiger partial charge on any atom is 0.141 e. The van der Waals surface area contributed by atoms with E-state index in [4.69, 9.17) is 5.73 Å². The quantitative estimate of drug-likeness (QED) is 0.827. The number of anilines is 2. The molecule has 2 aliphatic rings. The Morgan fingerprint density at radius 3 is 2.89 bits per heavy atom. The average molecular weight is 255 g/mol. The van der Waals surface area contributed by atoms with Gasteiger partial charge in [0.05, 0.1) is 5.54 Å². The van der Waals surface area contributed by atoms with Crippen LogP contribution in [-0.4, -0.2) is 47.1 Å². The number of hydrogen-bond acceptors (Lipinski definition) is 5. The van der Waals surface area contributed by atoms with Gasteiger partial charge in [0, 0.05) is 37.4 Å². The van der Waals surface area contributed by atoms with Crippen molar-refractivity contribution in [3.05, 3.63) is 24.5 Å². The number of nitrogen functional groups attached to an aromatic ring is 1. The van der Waals surface area contributed by atoms with E-state index in [-0.39, 0.29) is 5.54 Å². The minimum Gasteiger partial charge on any atom is -0.384 e. The van der Waals surface area contributed by atoms with Crippen LogP contribution in [-0.2, 0) is 0 Å². The topological polar surface area (TPSA) is 58.3 Å². The number of hydrogen-bond donors (Lipinski definition) is 1. The van der Waals surface area contributed by atoms with Gasteiger partial charge in [0.15, 0.2) is 0 Å². The van der Waals surface area contributed by atoms with Crippen LogP contribution in [0.3, 0.4) is 0 Å². The van der Waals surface area contributed by atoms with E-state index in [9.17, 15) is 0 Å². The highest BCUT2D eigenvalue weighted by molar-refractivity contribution is 5.94. The van der Waals surface area contributed by atoms with Crippen molar-refractivity contribution in [3.63, 3.8) is 0 Å². The van der Waals surface area contributed by atoms with Crippen LogP contribution in [0.5, 0.6) is 0 Å². The first-order valence-electron chi connectivity index (χ1n) is 6.64. The first-order chi connectivity index (χ1) is 9.18. The second-order valence-corrected chi connectivity index (χ2v) is 5.77. The Morgan fingerprint density at radius 2 is 2.21 bits per heavy atom. The zero-order valence-electron chi connectivity index (χ0n) is 11.0. The van der Waals surface area contributed by atoms with E-state index in [0.29, 0.717) is 5.82 Å². The summed E-state index contributed by atoms with van der Waals surface area (Å²) < 4.78 is 0. The van der Waals surface area contributed by atoms with E-state index in [2.05, 4.69) is 26.8 Å². The summed E-state index contributed by atoms with van der Waals surface area (Å²) in [5, 5.41) is 2.22. The third-order valence-corrected chi connectivity index (χ3v) is 4.39. The minimum absolute atomic E-state index is 0.290. The van der Waals surface area contributed by atoms with E-state index in [1.807, 2.05) is 18.3 Å². The van der Waals surface area contributed by atoms with Crippen LogP contribution in [0.1, 0.15) is 6.42 Å². The molecule has 0 amide bonds. The lowest BCUT2D eigenvalue weighted by molar-refractivity contribution is 0.0464.